The molecule has 1 heterocycles. The van der Waals surface area contributed by atoms with Gasteiger partial charge in [0.1, 0.15) is 11.8 Å². The second kappa shape index (κ2) is 12.1. The molecule has 1 unspecified atom stereocenters. The fourth-order valence-electron chi connectivity index (χ4n) is 4.03. The standard InChI is InChI=1S/C28H31NO6/c1-5-18-35-26(25(30)20-16-12-9-13-17-20)21-22(27(31)33-6-2)24(28(32)34-7-3)29(4)23(21)19-14-10-8-11-15-19/h8-17,26H,5-7,18H2,1-4H3. The summed E-state index contributed by atoms with van der Waals surface area (Å²) in [6.07, 6.45) is -0.479. The van der Waals surface area contributed by atoms with Gasteiger partial charge in [-0.2, -0.15) is 0 Å². The van der Waals surface area contributed by atoms with E-state index in [2.05, 4.69) is 0 Å². The van der Waals surface area contributed by atoms with E-state index < -0.39 is 18.0 Å². The summed E-state index contributed by atoms with van der Waals surface area (Å²) in [7, 11) is 1.67. The van der Waals surface area contributed by atoms with E-state index >= 15 is 0 Å². The van der Waals surface area contributed by atoms with Crippen LogP contribution in [0.15, 0.2) is 60.7 Å². The van der Waals surface area contributed by atoms with Crippen molar-refractivity contribution >= 4 is 17.7 Å². The second-order valence-electron chi connectivity index (χ2n) is 7.83. The number of Topliss-reactive ketones (excluding diaryl/α,β-unsaturated/α-hetero) is 1. The highest BCUT2D eigenvalue weighted by atomic mass is 16.5. The molecule has 0 radical (unpaired) electrons. The number of benzene rings is 2. The van der Waals surface area contributed by atoms with Crippen LogP contribution in [0.1, 0.15) is 70.1 Å². The highest BCUT2D eigenvalue weighted by Gasteiger charge is 2.38. The van der Waals surface area contributed by atoms with Crippen LogP contribution in [0.4, 0.5) is 0 Å². The van der Waals surface area contributed by atoms with E-state index in [4.69, 9.17) is 14.2 Å². The number of nitrogens with zero attached hydrogens (tertiary/aromatic N) is 1. The van der Waals surface area contributed by atoms with Crippen molar-refractivity contribution in [2.75, 3.05) is 19.8 Å². The Labute approximate surface area is 205 Å². The van der Waals surface area contributed by atoms with Gasteiger partial charge in [-0.3, -0.25) is 4.79 Å². The summed E-state index contributed by atoms with van der Waals surface area (Å²) in [6, 6.07) is 18.0. The Morgan fingerprint density at radius 3 is 1.97 bits per heavy atom. The second-order valence-corrected chi connectivity index (χ2v) is 7.83. The van der Waals surface area contributed by atoms with Crippen molar-refractivity contribution in [3.05, 3.63) is 83.0 Å². The predicted octanol–water partition coefficient (Wildman–Crippen LogP) is 5.40. The minimum atomic E-state index is -1.14. The number of hydrogen-bond acceptors (Lipinski definition) is 6. The van der Waals surface area contributed by atoms with Crippen molar-refractivity contribution in [3.8, 4) is 11.3 Å². The number of ether oxygens (including phenoxy) is 3. The van der Waals surface area contributed by atoms with Gasteiger partial charge in [-0.1, -0.05) is 67.6 Å². The van der Waals surface area contributed by atoms with Crippen LogP contribution in [0, 0.1) is 0 Å². The normalized spacial score (nSPS) is 11.7. The average Bonchev–Trinajstić information content (AvgIpc) is 3.18. The topological polar surface area (TPSA) is 83.8 Å². The zero-order valence-electron chi connectivity index (χ0n) is 20.6. The average molecular weight is 478 g/mol. The fourth-order valence-corrected chi connectivity index (χ4v) is 4.03. The molecule has 1 atom stereocenters. The van der Waals surface area contributed by atoms with Crippen molar-refractivity contribution in [2.24, 2.45) is 7.05 Å². The van der Waals surface area contributed by atoms with Crippen LogP contribution in [-0.4, -0.2) is 42.1 Å². The summed E-state index contributed by atoms with van der Waals surface area (Å²) in [5.41, 5.74) is 1.97. The molecular weight excluding hydrogens is 446 g/mol. The lowest BCUT2D eigenvalue weighted by Gasteiger charge is -2.20. The maximum atomic E-state index is 13.8. The molecule has 7 heteroatoms. The van der Waals surface area contributed by atoms with Gasteiger partial charge in [0.05, 0.1) is 24.5 Å². The Balaban J connectivity index is 2.39. The molecule has 0 bridgehead atoms. The first kappa shape index (κ1) is 25.9. The zero-order chi connectivity index (χ0) is 25.4. The van der Waals surface area contributed by atoms with Crippen LogP contribution < -0.4 is 0 Å². The number of hydrogen-bond donors (Lipinski definition) is 0. The third-order valence-corrected chi connectivity index (χ3v) is 5.47. The summed E-state index contributed by atoms with van der Waals surface area (Å²) in [6.45, 7) is 5.82. The molecule has 0 fully saturated rings. The first-order chi connectivity index (χ1) is 17.0. The third kappa shape index (κ3) is 5.52. The highest BCUT2D eigenvalue weighted by molar-refractivity contribution is 6.09. The monoisotopic (exact) mass is 477 g/mol. The molecule has 3 rings (SSSR count). The summed E-state index contributed by atoms with van der Waals surface area (Å²) >= 11 is 0. The molecule has 2 aromatic carbocycles. The van der Waals surface area contributed by atoms with E-state index in [9.17, 15) is 14.4 Å². The first-order valence-electron chi connectivity index (χ1n) is 11.8. The molecule has 35 heavy (non-hydrogen) atoms. The van der Waals surface area contributed by atoms with E-state index in [-0.39, 0.29) is 36.9 Å². The highest BCUT2D eigenvalue weighted by Crippen LogP contribution is 2.39. The van der Waals surface area contributed by atoms with Crippen molar-refractivity contribution in [1.29, 1.82) is 0 Å². The molecule has 3 aromatic rings. The van der Waals surface area contributed by atoms with Crippen molar-refractivity contribution < 1.29 is 28.6 Å². The number of rotatable bonds is 11. The summed E-state index contributed by atoms with van der Waals surface area (Å²) in [5.74, 6) is -1.71. The lowest BCUT2D eigenvalue weighted by Crippen LogP contribution is -2.22. The van der Waals surface area contributed by atoms with E-state index in [1.165, 1.54) is 0 Å². The molecule has 184 valence electrons. The molecule has 0 saturated heterocycles. The molecular formula is C28H31NO6. The SMILES string of the molecule is CCCOC(C(=O)c1ccccc1)c1c(C(=O)OCC)c(C(=O)OCC)n(C)c1-c1ccccc1. The van der Waals surface area contributed by atoms with Gasteiger partial charge in [0.15, 0.2) is 5.78 Å². The van der Waals surface area contributed by atoms with Gasteiger partial charge >= 0.3 is 11.9 Å². The first-order valence-corrected chi connectivity index (χ1v) is 11.8. The van der Waals surface area contributed by atoms with Gasteiger partial charge in [-0.25, -0.2) is 9.59 Å². The quantitative estimate of drug-likeness (QED) is 0.272. The van der Waals surface area contributed by atoms with Crippen molar-refractivity contribution in [3.63, 3.8) is 0 Å². The molecule has 0 spiro atoms. The van der Waals surface area contributed by atoms with Crippen LogP contribution in [0.25, 0.3) is 11.3 Å². The van der Waals surface area contributed by atoms with Gasteiger partial charge in [-0.15, -0.1) is 0 Å². The van der Waals surface area contributed by atoms with Crippen LogP contribution >= 0.6 is 0 Å². The summed E-state index contributed by atoms with van der Waals surface area (Å²) < 4.78 is 18.4. The Hall–Kier alpha value is -3.71. The number of ketones is 1. The minimum absolute atomic E-state index is 0.0166. The summed E-state index contributed by atoms with van der Waals surface area (Å²) in [4.78, 5) is 40.2. The van der Waals surface area contributed by atoms with Gasteiger partial charge < -0.3 is 18.8 Å². The molecule has 7 nitrogen and oxygen atoms in total. The fraction of sp³-hybridized carbons (Fsp3) is 0.321. The minimum Gasteiger partial charge on any atom is -0.462 e. The number of aromatic nitrogens is 1. The molecule has 0 saturated carbocycles. The van der Waals surface area contributed by atoms with Crippen LogP contribution in [0.5, 0.6) is 0 Å². The van der Waals surface area contributed by atoms with Crippen LogP contribution in [0.3, 0.4) is 0 Å². The molecule has 0 aliphatic heterocycles. The maximum absolute atomic E-state index is 13.8. The van der Waals surface area contributed by atoms with Gasteiger partial charge in [0.2, 0.25) is 0 Å². The van der Waals surface area contributed by atoms with Crippen molar-refractivity contribution in [1.82, 2.24) is 4.57 Å². The summed E-state index contributed by atoms with van der Waals surface area (Å²) in [5, 5.41) is 0. The molecule has 1 aromatic heterocycles. The van der Waals surface area contributed by atoms with Crippen LogP contribution in [0.2, 0.25) is 0 Å². The van der Waals surface area contributed by atoms with E-state index in [0.29, 0.717) is 23.2 Å². The Morgan fingerprint density at radius 2 is 1.40 bits per heavy atom. The van der Waals surface area contributed by atoms with Gasteiger partial charge in [-0.05, 0) is 25.8 Å². The lowest BCUT2D eigenvalue weighted by atomic mass is 9.93. The largest absolute Gasteiger partial charge is 0.462 e. The zero-order valence-corrected chi connectivity index (χ0v) is 20.6. The van der Waals surface area contributed by atoms with Gasteiger partial charge in [0, 0.05) is 24.8 Å². The molecule has 0 amide bonds. The molecule has 0 aliphatic rings. The smallest absolute Gasteiger partial charge is 0.355 e. The Bertz CT molecular complexity index is 1170. The predicted molar refractivity (Wildman–Crippen MR) is 133 cm³/mol. The Morgan fingerprint density at radius 1 is 0.829 bits per heavy atom. The number of carbonyl (C=O) groups is 3. The van der Waals surface area contributed by atoms with E-state index in [1.54, 1.807) is 49.7 Å². The lowest BCUT2D eigenvalue weighted by molar-refractivity contribution is 0.0383. The number of carbonyl (C=O) groups excluding carboxylic acids is 3. The van der Waals surface area contributed by atoms with Gasteiger partial charge in [0.25, 0.3) is 0 Å². The van der Waals surface area contributed by atoms with E-state index in [1.807, 2.05) is 43.3 Å². The number of esters is 2. The maximum Gasteiger partial charge on any atom is 0.355 e. The van der Waals surface area contributed by atoms with E-state index in [0.717, 1.165) is 5.56 Å². The third-order valence-electron chi connectivity index (χ3n) is 5.47. The molecule has 0 N–H and O–H groups in total. The Kier molecular flexibility index (Phi) is 8.98. The van der Waals surface area contributed by atoms with Crippen molar-refractivity contribution in [2.45, 2.75) is 33.3 Å². The van der Waals surface area contributed by atoms with Crippen LogP contribution in [-0.2, 0) is 21.3 Å². The molecule has 0 aliphatic carbocycles.